The molecule has 0 radical (unpaired) electrons. The van der Waals surface area contributed by atoms with E-state index in [-0.39, 0.29) is 0 Å². The zero-order chi connectivity index (χ0) is 19.2. The Kier molecular flexibility index (Phi) is 10.7. The van der Waals surface area contributed by atoms with E-state index < -0.39 is 0 Å². The minimum atomic E-state index is 0.312. The summed E-state index contributed by atoms with van der Waals surface area (Å²) in [5.74, 6) is 0.312. The molecule has 1 aliphatic rings. The fourth-order valence-corrected chi connectivity index (χ4v) is 2.59. The minimum absolute atomic E-state index is 0.312. The van der Waals surface area contributed by atoms with Crippen LogP contribution in [0.1, 0.15) is 53.4 Å². The van der Waals surface area contributed by atoms with Crippen LogP contribution in [0.2, 0.25) is 0 Å². The molecule has 138 valence electrons. The number of ketones is 1. The van der Waals surface area contributed by atoms with Crippen molar-refractivity contribution >= 4 is 5.78 Å². The first-order valence-electron chi connectivity index (χ1n) is 9.43. The van der Waals surface area contributed by atoms with Crippen LogP contribution >= 0.6 is 0 Å². The lowest BCUT2D eigenvalue weighted by Gasteiger charge is -2.11. The number of carbonyl (C=O) groups excluding carboxylic acids is 1. The Balaban J connectivity index is 2.53. The Hall–Kier alpha value is -2.41. The molecule has 1 heteroatoms. The molecule has 0 saturated heterocycles. The molecular weight excluding hydrogens is 316 g/mol. The summed E-state index contributed by atoms with van der Waals surface area (Å²) < 4.78 is 0. The predicted molar refractivity (Wildman–Crippen MR) is 115 cm³/mol. The minimum Gasteiger partial charge on any atom is -0.295 e. The van der Waals surface area contributed by atoms with Crippen molar-refractivity contribution in [3.63, 3.8) is 0 Å². The van der Waals surface area contributed by atoms with Gasteiger partial charge in [-0.15, -0.1) is 0 Å². The second-order valence-corrected chi connectivity index (χ2v) is 6.66. The van der Waals surface area contributed by atoms with Crippen LogP contribution in [0, 0.1) is 0 Å². The molecule has 0 aromatic heterocycles. The highest BCUT2D eigenvalue weighted by Gasteiger charge is 2.13. The second kappa shape index (κ2) is 12.9. The summed E-state index contributed by atoms with van der Waals surface area (Å²) in [5.41, 5.74) is 4.57. The van der Waals surface area contributed by atoms with Crippen molar-refractivity contribution in [1.29, 1.82) is 0 Å². The Morgan fingerprint density at radius 2 is 1.27 bits per heavy atom. The van der Waals surface area contributed by atoms with Crippen molar-refractivity contribution in [1.82, 2.24) is 0 Å². The van der Waals surface area contributed by atoms with E-state index in [4.69, 9.17) is 0 Å². The van der Waals surface area contributed by atoms with Gasteiger partial charge in [0.2, 0.25) is 0 Å². The van der Waals surface area contributed by atoms with Gasteiger partial charge in [0.05, 0.1) is 0 Å². The third-order valence-corrected chi connectivity index (χ3v) is 4.09. The highest BCUT2D eigenvalue weighted by Crippen LogP contribution is 2.19. The monoisotopic (exact) mass is 348 g/mol. The van der Waals surface area contributed by atoms with E-state index in [2.05, 4.69) is 57.2 Å². The molecular formula is C25H32O. The molecule has 1 nitrogen and oxygen atoms in total. The third kappa shape index (κ3) is 9.78. The first-order chi connectivity index (χ1) is 12.5. The van der Waals surface area contributed by atoms with Gasteiger partial charge in [0, 0.05) is 6.42 Å². The van der Waals surface area contributed by atoms with Crippen LogP contribution in [0.15, 0.2) is 95.2 Å². The smallest absolute Gasteiger partial charge is 0.158 e. The molecule has 0 atom stereocenters. The maximum atomic E-state index is 11.7. The Bertz CT molecular complexity index is 700. The van der Waals surface area contributed by atoms with Crippen molar-refractivity contribution in [3.8, 4) is 0 Å². The molecule has 0 amide bonds. The quantitative estimate of drug-likeness (QED) is 0.353. The van der Waals surface area contributed by atoms with Crippen molar-refractivity contribution in [2.24, 2.45) is 0 Å². The largest absolute Gasteiger partial charge is 0.295 e. The maximum absolute atomic E-state index is 11.7. The Morgan fingerprint density at radius 1 is 0.731 bits per heavy atom. The van der Waals surface area contributed by atoms with Crippen molar-refractivity contribution in [2.45, 2.75) is 53.4 Å². The molecule has 0 unspecified atom stereocenters. The van der Waals surface area contributed by atoms with E-state index in [9.17, 15) is 4.79 Å². The lowest BCUT2D eigenvalue weighted by Crippen LogP contribution is -2.07. The predicted octanol–water partition coefficient (Wildman–Crippen LogP) is 7.14. The van der Waals surface area contributed by atoms with Gasteiger partial charge in [-0.25, -0.2) is 0 Å². The standard InChI is InChI=1S/C25H32O/c1-5-12-21(2)15-10-16-22(3)13-6-7-14-23(4)17-11-19-24-18-8-9-20-25(24)26/h5-7,10-17,19H,8-9,18,20H2,1-4H3/b7-6+,12-5+,16-10+,17-11+,21-15+,22-13+,23-14+,24-19+. The zero-order valence-electron chi connectivity index (χ0n) is 16.7. The molecule has 0 heterocycles. The number of rotatable bonds is 7. The van der Waals surface area contributed by atoms with E-state index in [0.29, 0.717) is 12.2 Å². The molecule has 0 aromatic rings. The van der Waals surface area contributed by atoms with Crippen molar-refractivity contribution in [2.75, 3.05) is 0 Å². The van der Waals surface area contributed by atoms with E-state index in [1.54, 1.807) is 0 Å². The van der Waals surface area contributed by atoms with Crippen LogP contribution in [0.4, 0.5) is 0 Å². The van der Waals surface area contributed by atoms with E-state index in [1.807, 2.05) is 43.4 Å². The molecule has 1 fully saturated rings. The van der Waals surface area contributed by atoms with Crippen LogP contribution in [0.25, 0.3) is 0 Å². The van der Waals surface area contributed by atoms with Crippen LogP contribution in [-0.2, 0) is 4.79 Å². The fraction of sp³-hybridized carbons (Fsp3) is 0.320. The topological polar surface area (TPSA) is 17.1 Å². The molecule has 0 aromatic carbocycles. The maximum Gasteiger partial charge on any atom is 0.158 e. The van der Waals surface area contributed by atoms with Crippen LogP contribution in [0.3, 0.4) is 0 Å². The average Bonchev–Trinajstić information content (AvgIpc) is 2.60. The number of allylic oxidation sites excluding steroid dienone is 16. The summed E-state index contributed by atoms with van der Waals surface area (Å²) in [5, 5.41) is 0. The highest BCUT2D eigenvalue weighted by molar-refractivity contribution is 5.96. The van der Waals surface area contributed by atoms with Crippen LogP contribution in [-0.4, -0.2) is 5.78 Å². The first kappa shape index (κ1) is 21.6. The molecule has 0 bridgehead atoms. The summed E-state index contributed by atoms with van der Waals surface area (Å²) in [6.07, 6.45) is 28.4. The number of hydrogen-bond donors (Lipinski definition) is 0. The highest BCUT2D eigenvalue weighted by atomic mass is 16.1. The molecule has 0 N–H and O–H groups in total. The zero-order valence-corrected chi connectivity index (χ0v) is 16.7. The number of hydrogen-bond acceptors (Lipinski definition) is 1. The van der Waals surface area contributed by atoms with Crippen molar-refractivity contribution in [3.05, 3.63) is 95.2 Å². The van der Waals surface area contributed by atoms with Gasteiger partial charge in [-0.1, -0.05) is 89.6 Å². The molecule has 1 aliphatic carbocycles. The van der Waals surface area contributed by atoms with Gasteiger partial charge in [-0.2, -0.15) is 0 Å². The summed E-state index contributed by atoms with van der Waals surface area (Å²) in [4.78, 5) is 11.7. The van der Waals surface area contributed by atoms with Gasteiger partial charge >= 0.3 is 0 Å². The summed E-state index contributed by atoms with van der Waals surface area (Å²) >= 11 is 0. The number of Topliss-reactive ketones (excluding diaryl/α,β-unsaturated/α-hetero) is 1. The molecule has 26 heavy (non-hydrogen) atoms. The lowest BCUT2D eigenvalue weighted by atomic mass is 9.93. The van der Waals surface area contributed by atoms with Crippen LogP contribution < -0.4 is 0 Å². The second-order valence-electron chi connectivity index (χ2n) is 6.66. The van der Waals surface area contributed by atoms with E-state index >= 15 is 0 Å². The van der Waals surface area contributed by atoms with Crippen LogP contribution in [0.5, 0.6) is 0 Å². The van der Waals surface area contributed by atoms with Gasteiger partial charge in [0.1, 0.15) is 0 Å². The Morgan fingerprint density at radius 3 is 1.88 bits per heavy atom. The van der Waals surface area contributed by atoms with Gasteiger partial charge in [0.15, 0.2) is 5.78 Å². The number of carbonyl (C=O) groups is 1. The molecule has 0 aliphatic heterocycles. The molecule has 1 saturated carbocycles. The van der Waals surface area contributed by atoms with Gasteiger partial charge in [-0.3, -0.25) is 4.79 Å². The van der Waals surface area contributed by atoms with Gasteiger partial charge in [0.25, 0.3) is 0 Å². The van der Waals surface area contributed by atoms with Crippen molar-refractivity contribution < 1.29 is 4.79 Å². The summed E-state index contributed by atoms with van der Waals surface area (Å²) in [6.45, 7) is 8.26. The summed E-state index contributed by atoms with van der Waals surface area (Å²) in [6, 6.07) is 0. The Labute approximate surface area is 159 Å². The fourth-order valence-electron chi connectivity index (χ4n) is 2.59. The van der Waals surface area contributed by atoms with Gasteiger partial charge in [-0.05, 0) is 52.5 Å². The third-order valence-electron chi connectivity index (χ3n) is 4.09. The normalized spacial score (nSPS) is 19.9. The van der Waals surface area contributed by atoms with Gasteiger partial charge < -0.3 is 0 Å². The van der Waals surface area contributed by atoms with E-state index in [0.717, 1.165) is 30.4 Å². The molecule has 0 spiro atoms. The summed E-state index contributed by atoms with van der Waals surface area (Å²) in [7, 11) is 0. The lowest BCUT2D eigenvalue weighted by molar-refractivity contribution is -0.116. The average molecular weight is 349 g/mol. The first-order valence-corrected chi connectivity index (χ1v) is 9.43. The SMILES string of the molecule is C/C=C/C(C)=C/C=C/C(C)=C/C=C/C=C(C)/C=C/C=C1\CCCCC1=O. The van der Waals surface area contributed by atoms with E-state index in [1.165, 1.54) is 11.1 Å². The molecule has 1 rings (SSSR count).